The molecular weight excluding hydrogens is 154 g/mol. The number of aromatic amines is 1. The highest BCUT2D eigenvalue weighted by Gasteiger charge is 1.96. The van der Waals surface area contributed by atoms with Crippen molar-refractivity contribution < 1.29 is 5.21 Å². The molecule has 0 bridgehead atoms. The maximum atomic E-state index is 8.28. The van der Waals surface area contributed by atoms with Gasteiger partial charge in [0.05, 0.1) is 23.6 Å². The molecule has 0 radical (unpaired) electrons. The van der Waals surface area contributed by atoms with Gasteiger partial charge < -0.3 is 10.2 Å². The zero-order valence-electron chi connectivity index (χ0n) is 6.23. The van der Waals surface area contributed by atoms with Crippen molar-refractivity contribution in [1.82, 2.24) is 9.97 Å². The van der Waals surface area contributed by atoms with Gasteiger partial charge in [-0.2, -0.15) is 0 Å². The van der Waals surface area contributed by atoms with Crippen LogP contribution >= 0.6 is 0 Å². The molecule has 4 nitrogen and oxygen atoms in total. The number of nitrogens with one attached hydrogen (secondary N) is 1. The molecule has 2 heterocycles. The van der Waals surface area contributed by atoms with Crippen LogP contribution in [0.2, 0.25) is 0 Å². The molecule has 0 aliphatic carbocycles. The highest BCUT2D eigenvalue weighted by molar-refractivity contribution is 5.88. The Hall–Kier alpha value is -1.84. The molecule has 0 amide bonds. The normalized spacial score (nSPS) is 11.3. The summed E-state index contributed by atoms with van der Waals surface area (Å²) < 4.78 is 0. The van der Waals surface area contributed by atoms with Gasteiger partial charge in [-0.15, -0.1) is 0 Å². The van der Waals surface area contributed by atoms with E-state index in [-0.39, 0.29) is 0 Å². The van der Waals surface area contributed by atoms with Crippen molar-refractivity contribution in [2.24, 2.45) is 5.16 Å². The number of oxime groups is 1. The Morgan fingerprint density at radius 2 is 2.50 bits per heavy atom. The number of aromatic nitrogens is 2. The van der Waals surface area contributed by atoms with Gasteiger partial charge in [-0.1, -0.05) is 5.16 Å². The first-order valence-electron chi connectivity index (χ1n) is 3.50. The van der Waals surface area contributed by atoms with Crippen LogP contribution in [-0.2, 0) is 0 Å². The van der Waals surface area contributed by atoms with Gasteiger partial charge in [-0.3, -0.25) is 4.98 Å². The molecule has 2 rings (SSSR count). The quantitative estimate of drug-likeness (QED) is 0.377. The predicted molar refractivity (Wildman–Crippen MR) is 45.5 cm³/mol. The summed E-state index contributed by atoms with van der Waals surface area (Å²) in [5.41, 5.74) is 1.70. The van der Waals surface area contributed by atoms with Gasteiger partial charge >= 0.3 is 0 Å². The molecule has 0 unspecified atom stereocenters. The van der Waals surface area contributed by atoms with Crippen LogP contribution in [0.1, 0.15) is 5.69 Å². The SMILES string of the molecule is ON=Cc1cc2ccncc2[nH]1. The minimum atomic E-state index is 0.764. The Kier molecular flexibility index (Phi) is 1.51. The second-order valence-corrected chi connectivity index (χ2v) is 2.43. The molecule has 2 aromatic heterocycles. The maximum absolute atomic E-state index is 8.28. The molecule has 60 valence electrons. The Morgan fingerprint density at radius 3 is 3.25 bits per heavy atom. The number of hydrogen-bond donors (Lipinski definition) is 2. The van der Waals surface area contributed by atoms with Crippen LogP contribution in [0.3, 0.4) is 0 Å². The van der Waals surface area contributed by atoms with E-state index in [1.165, 1.54) is 6.21 Å². The van der Waals surface area contributed by atoms with E-state index < -0.39 is 0 Å². The summed E-state index contributed by atoms with van der Waals surface area (Å²) in [6, 6.07) is 3.78. The summed E-state index contributed by atoms with van der Waals surface area (Å²) in [7, 11) is 0. The molecule has 0 atom stereocenters. The average Bonchev–Trinajstić information content (AvgIpc) is 2.47. The van der Waals surface area contributed by atoms with Gasteiger partial charge in [0.15, 0.2) is 0 Å². The van der Waals surface area contributed by atoms with Crippen LogP contribution in [0.15, 0.2) is 29.7 Å². The van der Waals surface area contributed by atoms with E-state index in [0.29, 0.717) is 0 Å². The topological polar surface area (TPSA) is 61.3 Å². The van der Waals surface area contributed by atoms with Gasteiger partial charge in [0.25, 0.3) is 0 Å². The summed E-state index contributed by atoms with van der Waals surface area (Å²) in [5.74, 6) is 0. The fourth-order valence-corrected chi connectivity index (χ4v) is 1.13. The van der Waals surface area contributed by atoms with E-state index in [9.17, 15) is 0 Å². The first-order chi connectivity index (χ1) is 5.90. The Bertz CT molecular complexity index is 386. The molecule has 12 heavy (non-hydrogen) atoms. The Labute approximate surface area is 68.6 Å². The smallest absolute Gasteiger partial charge is 0.0896 e. The summed E-state index contributed by atoms with van der Waals surface area (Å²) >= 11 is 0. The Balaban J connectivity index is 2.62. The van der Waals surface area contributed by atoms with E-state index in [2.05, 4.69) is 15.1 Å². The monoisotopic (exact) mass is 161 g/mol. The third-order valence-electron chi connectivity index (χ3n) is 1.64. The standard InChI is InChI=1S/C8H7N3O/c12-10-4-7-3-6-1-2-9-5-8(6)11-7/h1-5,11-12H. The first kappa shape index (κ1) is 6.84. The van der Waals surface area contributed by atoms with Gasteiger partial charge in [0, 0.05) is 11.6 Å². The van der Waals surface area contributed by atoms with Crippen molar-refractivity contribution in [2.75, 3.05) is 0 Å². The molecule has 4 heteroatoms. The largest absolute Gasteiger partial charge is 0.411 e. The lowest BCUT2D eigenvalue weighted by atomic mass is 10.3. The van der Waals surface area contributed by atoms with Gasteiger partial charge in [0.1, 0.15) is 0 Å². The van der Waals surface area contributed by atoms with Crippen molar-refractivity contribution >= 4 is 17.1 Å². The Morgan fingerprint density at radius 1 is 1.58 bits per heavy atom. The van der Waals surface area contributed by atoms with Crippen molar-refractivity contribution in [2.45, 2.75) is 0 Å². The molecule has 0 aliphatic heterocycles. The van der Waals surface area contributed by atoms with Crippen LogP contribution in [0.25, 0.3) is 10.9 Å². The maximum Gasteiger partial charge on any atom is 0.0896 e. The van der Waals surface area contributed by atoms with Crippen LogP contribution in [0.4, 0.5) is 0 Å². The highest BCUT2D eigenvalue weighted by atomic mass is 16.4. The number of rotatable bonds is 1. The third-order valence-corrected chi connectivity index (χ3v) is 1.64. The van der Waals surface area contributed by atoms with Crippen LogP contribution in [0.5, 0.6) is 0 Å². The second-order valence-electron chi connectivity index (χ2n) is 2.43. The van der Waals surface area contributed by atoms with E-state index in [1.54, 1.807) is 12.4 Å². The molecule has 0 saturated heterocycles. The zero-order chi connectivity index (χ0) is 8.39. The van der Waals surface area contributed by atoms with Gasteiger partial charge in [0.2, 0.25) is 0 Å². The fraction of sp³-hybridized carbons (Fsp3) is 0. The molecular formula is C8H7N3O. The van der Waals surface area contributed by atoms with E-state index >= 15 is 0 Å². The lowest BCUT2D eigenvalue weighted by molar-refractivity contribution is 0.321. The molecule has 0 spiro atoms. The lowest BCUT2D eigenvalue weighted by Gasteiger charge is -1.83. The van der Waals surface area contributed by atoms with Crippen LogP contribution < -0.4 is 0 Å². The van der Waals surface area contributed by atoms with Crippen molar-refractivity contribution in [3.05, 3.63) is 30.2 Å². The van der Waals surface area contributed by atoms with Crippen LogP contribution in [-0.4, -0.2) is 21.4 Å². The molecule has 0 aliphatic rings. The summed E-state index contributed by atoms with van der Waals surface area (Å²) in [5, 5.41) is 12.3. The number of pyridine rings is 1. The molecule has 2 aromatic rings. The van der Waals surface area contributed by atoms with E-state index in [4.69, 9.17) is 5.21 Å². The summed E-state index contributed by atoms with van der Waals surface area (Å²) in [6.07, 6.45) is 4.79. The fourth-order valence-electron chi connectivity index (χ4n) is 1.13. The van der Waals surface area contributed by atoms with E-state index in [0.717, 1.165) is 16.6 Å². The van der Waals surface area contributed by atoms with Crippen molar-refractivity contribution in [1.29, 1.82) is 0 Å². The summed E-state index contributed by atoms with van der Waals surface area (Å²) in [4.78, 5) is 6.97. The van der Waals surface area contributed by atoms with Crippen molar-refractivity contribution in [3.63, 3.8) is 0 Å². The number of nitrogens with zero attached hydrogens (tertiary/aromatic N) is 2. The summed E-state index contributed by atoms with van der Waals surface area (Å²) in [6.45, 7) is 0. The van der Waals surface area contributed by atoms with Crippen molar-refractivity contribution in [3.8, 4) is 0 Å². The number of H-pyrrole nitrogens is 1. The third kappa shape index (κ3) is 1.03. The van der Waals surface area contributed by atoms with E-state index in [1.807, 2.05) is 12.1 Å². The predicted octanol–water partition coefficient (Wildman–Crippen LogP) is 1.37. The molecule has 0 fully saturated rings. The molecule has 2 N–H and O–H groups in total. The second kappa shape index (κ2) is 2.65. The molecule has 0 aromatic carbocycles. The minimum Gasteiger partial charge on any atom is -0.411 e. The highest BCUT2D eigenvalue weighted by Crippen LogP contribution is 2.11. The van der Waals surface area contributed by atoms with Crippen LogP contribution in [0, 0.1) is 0 Å². The zero-order valence-corrected chi connectivity index (χ0v) is 6.23. The first-order valence-corrected chi connectivity index (χ1v) is 3.50. The van der Waals surface area contributed by atoms with Gasteiger partial charge in [-0.25, -0.2) is 0 Å². The molecule has 0 saturated carbocycles. The lowest BCUT2D eigenvalue weighted by Crippen LogP contribution is -1.77. The number of hydrogen-bond acceptors (Lipinski definition) is 3. The minimum absolute atomic E-state index is 0.764. The van der Waals surface area contributed by atoms with Gasteiger partial charge in [-0.05, 0) is 12.1 Å². The average molecular weight is 161 g/mol. The number of fused-ring (bicyclic) bond motifs is 1.